The summed E-state index contributed by atoms with van der Waals surface area (Å²) in [4.78, 5) is 11.6. The van der Waals surface area contributed by atoms with Crippen LogP contribution in [0.5, 0.6) is 5.75 Å². The number of hydrogen-bond acceptors (Lipinski definition) is 4. The summed E-state index contributed by atoms with van der Waals surface area (Å²) in [6.45, 7) is 4.96. The summed E-state index contributed by atoms with van der Waals surface area (Å²) >= 11 is 0. The minimum atomic E-state index is -0.949. The second-order valence-electron chi connectivity index (χ2n) is 7.57. The number of carbonyl (C=O) groups is 1. The van der Waals surface area contributed by atoms with Gasteiger partial charge in [-0.2, -0.15) is 0 Å². The normalized spacial score (nSPS) is 11.9. The highest BCUT2D eigenvalue weighted by atomic mass is 16.5. The van der Waals surface area contributed by atoms with E-state index >= 15 is 0 Å². The Labute approximate surface area is 181 Å². The van der Waals surface area contributed by atoms with Crippen LogP contribution < -0.4 is 4.74 Å². The summed E-state index contributed by atoms with van der Waals surface area (Å²) in [5.41, 5.74) is 2.50. The monoisotopic (exact) mass is 412 g/mol. The molecule has 4 heteroatoms. The predicted molar refractivity (Wildman–Crippen MR) is 124 cm³/mol. The highest BCUT2D eigenvalue weighted by Gasteiger charge is 2.14. The van der Waals surface area contributed by atoms with Gasteiger partial charge in [0, 0.05) is 16.3 Å². The zero-order chi connectivity index (χ0) is 21.8. The third kappa shape index (κ3) is 4.60. The topological polar surface area (TPSA) is 55.8 Å². The van der Waals surface area contributed by atoms with E-state index in [2.05, 4.69) is 43.0 Å². The van der Waals surface area contributed by atoms with Gasteiger partial charge in [0.1, 0.15) is 25.1 Å². The van der Waals surface area contributed by atoms with Crippen LogP contribution in [0.2, 0.25) is 0 Å². The molecule has 1 unspecified atom stereocenters. The first kappa shape index (κ1) is 20.6. The first-order valence-corrected chi connectivity index (χ1v) is 10.2. The Bertz CT molecular complexity index is 1240. The van der Waals surface area contributed by atoms with Crippen molar-refractivity contribution >= 4 is 27.5 Å². The second-order valence-corrected chi connectivity index (χ2v) is 7.57. The lowest BCUT2D eigenvalue weighted by atomic mass is 9.97. The molecule has 0 bridgehead atoms. The molecular formula is C27H24O4. The van der Waals surface area contributed by atoms with E-state index in [1.807, 2.05) is 42.5 Å². The summed E-state index contributed by atoms with van der Waals surface area (Å²) in [5, 5.41) is 14.3. The van der Waals surface area contributed by atoms with Gasteiger partial charge in [0.15, 0.2) is 0 Å². The van der Waals surface area contributed by atoms with Crippen molar-refractivity contribution < 1.29 is 19.4 Å². The van der Waals surface area contributed by atoms with Gasteiger partial charge in [0.2, 0.25) is 0 Å². The van der Waals surface area contributed by atoms with Crippen LogP contribution >= 0.6 is 0 Å². The average Bonchev–Trinajstić information content (AvgIpc) is 2.80. The van der Waals surface area contributed by atoms with Gasteiger partial charge in [-0.25, -0.2) is 4.79 Å². The molecule has 0 fully saturated rings. The number of hydrogen-bond donors (Lipinski definition) is 1. The van der Waals surface area contributed by atoms with Crippen molar-refractivity contribution in [2.24, 2.45) is 0 Å². The van der Waals surface area contributed by atoms with E-state index < -0.39 is 12.1 Å². The van der Waals surface area contributed by atoms with Crippen LogP contribution in [0.4, 0.5) is 0 Å². The van der Waals surface area contributed by atoms with Gasteiger partial charge in [-0.3, -0.25) is 0 Å². The molecule has 156 valence electrons. The van der Waals surface area contributed by atoms with Crippen LogP contribution in [-0.4, -0.2) is 30.4 Å². The zero-order valence-electron chi connectivity index (χ0n) is 17.4. The minimum Gasteiger partial charge on any atom is -0.489 e. The number of carbonyl (C=O) groups excluding carboxylic acids is 1. The first-order chi connectivity index (χ1) is 15.0. The van der Waals surface area contributed by atoms with Gasteiger partial charge in [-0.15, -0.1) is 0 Å². The Morgan fingerprint density at radius 3 is 2.35 bits per heavy atom. The molecule has 4 aromatic rings. The number of benzene rings is 4. The maximum absolute atomic E-state index is 11.6. The number of rotatable bonds is 7. The van der Waals surface area contributed by atoms with Gasteiger partial charge in [0.05, 0.1) is 0 Å². The van der Waals surface area contributed by atoms with Gasteiger partial charge in [-0.05, 0) is 41.0 Å². The molecule has 0 aliphatic heterocycles. The zero-order valence-corrected chi connectivity index (χ0v) is 17.4. The van der Waals surface area contributed by atoms with Gasteiger partial charge in [-0.1, -0.05) is 73.3 Å². The van der Waals surface area contributed by atoms with Crippen molar-refractivity contribution in [3.05, 3.63) is 91.0 Å². The average molecular weight is 412 g/mol. The smallest absolute Gasteiger partial charge is 0.333 e. The molecule has 1 atom stereocenters. The minimum absolute atomic E-state index is 0.00213. The van der Waals surface area contributed by atoms with E-state index in [4.69, 9.17) is 9.47 Å². The third-order valence-electron chi connectivity index (χ3n) is 5.10. The van der Waals surface area contributed by atoms with Crippen molar-refractivity contribution in [3.8, 4) is 16.9 Å². The van der Waals surface area contributed by atoms with Gasteiger partial charge >= 0.3 is 5.97 Å². The van der Waals surface area contributed by atoms with E-state index in [-0.39, 0.29) is 13.2 Å². The Balaban J connectivity index is 1.68. The predicted octanol–water partition coefficient (Wildman–Crippen LogP) is 5.52. The lowest BCUT2D eigenvalue weighted by Crippen LogP contribution is -2.25. The molecule has 0 saturated carbocycles. The molecule has 0 aliphatic carbocycles. The lowest BCUT2D eigenvalue weighted by molar-refractivity contribution is -0.142. The lowest BCUT2D eigenvalue weighted by Gasteiger charge is -2.17. The Kier molecular flexibility index (Phi) is 6.01. The molecule has 0 spiro atoms. The van der Waals surface area contributed by atoms with Crippen LogP contribution in [0.25, 0.3) is 32.7 Å². The van der Waals surface area contributed by atoms with Crippen LogP contribution in [0.15, 0.2) is 91.0 Å². The van der Waals surface area contributed by atoms with Crippen LogP contribution in [0.1, 0.15) is 6.92 Å². The van der Waals surface area contributed by atoms with Crippen LogP contribution in [-0.2, 0) is 9.53 Å². The molecule has 0 amide bonds. The summed E-state index contributed by atoms with van der Waals surface area (Å²) in [6, 6.07) is 26.6. The van der Waals surface area contributed by atoms with E-state index in [1.165, 1.54) is 0 Å². The largest absolute Gasteiger partial charge is 0.489 e. The Morgan fingerprint density at radius 2 is 1.58 bits per heavy atom. The molecular weight excluding hydrogens is 388 g/mol. The molecule has 0 radical (unpaired) electrons. The fraction of sp³-hybridized carbons (Fsp3) is 0.148. The Hall–Kier alpha value is -3.63. The number of fused-ring (bicyclic) bond motifs is 2. The Morgan fingerprint density at radius 1 is 0.871 bits per heavy atom. The van der Waals surface area contributed by atoms with E-state index in [9.17, 15) is 9.90 Å². The molecule has 1 N–H and O–H groups in total. The summed E-state index contributed by atoms with van der Waals surface area (Å²) in [7, 11) is 0. The SMILES string of the molecule is C=C(C)C(=O)OCC(O)COc1c2ccccc2cc2ccc(-c3ccccc3)cc12. The van der Waals surface area contributed by atoms with E-state index in [0.29, 0.717) is 11.3 Å². The van der Waals surface area contributed by atoms with Crippen molar-refractivity contribution in [1.29, 1.82) is 0 Å². The highest BCUT2D eigenvalue weighted by Crippen LogP contribution is 2.37. The molecule has 4 nitrogen and oxygen atoms in total. The van der Waals surface area contributed by atoms with Crippen molar-refractivity contribution in [2.75, 3.05) is 13.2 Å². The van der Waals surface area contributed by atoms with Crippen molar-refractivity contribution in [1.82, 2.24) is 0 Å². The number of ether oxygens (including phenoxy) is 2. The number of aliphatic hydroxyl groups excluding tert-OH is 1. The first-order valence-electron chi connectivity index (χ1n) is 10.2. The maximum Gasteiger partial charge on any atom is 0.333 e. The molecule has 0 saturated heterocycles. The quantitative estimate of drug-likeness (QED) is 0.247. The van der Waals surface area contributed by atoms with Gasteiger partial charge < -0.3 is 14.6 Å². The molecule has 0 aliphatic rings. The van der Waals surface area contributed by atoms with Gasteiger partial charge in [0.25, 0.3) is 0 Å². The standard InChI is InChI=1S/C27H24O4/c1-18(2)27(29)31-17-23(28)16-30-26-24-11-7-6-10-21(24)14-22-13-12-20(15-25(22)26)19-8-4-3-5-9-19/h3-15,23,28H,1,16-17H2,2H3. The number of esters is 1. The van der Waals surface area contributed by atoms with Crippen molar-refractivity contribution in [2.45, 2.75) is 13.0 Å². The summed E-state index contributed by atoms with van der Waals surface area (Å²) in [6.07, 6.45) is -0.949. The highest BCUT2D eigenvalue weighted by molar-refractivity contribution is 6.06. The fourth-order valence-electron chi connectivity index (χ4n) is 3.51. The number of aliphatic hydroxyl groups is 1. The van der Waals surface area contributed by atoms with E-state index in [0.717, 1.165) is 32.7 Å². The fourth-order valence-corrected chi connectivity index (χ4v) is 3.51. The second kappa shape index (κ2) is 9.02. The summed E-state index contributed by atoms with van der Waals surface area (Å²) < 4.78 is 11.2. The molecule has 0 heterocycles. The van der Waals surface area contributed by atoms with Crippen molar-refractivity contribution in [3.63, 3.8) is 0 Å². The third-order valence-corrected chi connectivity index (χ3v) is 5.10. The van der Waals surface area contributed by atoms with Crippen LogP contribution in [0, 0.1) is 0 Å². The molecule has 31 heavy (non-hydrogen) atoms. The van der Waals surface area contributed by atoms with Crippen LogP contribution in [0.3, 0.4) is 0 Å². The molecule has 4 rings (SSSR count). The maximum atomic E-state index is 11.6. The molecule has 4 aromatic carbocycles. The molecule has 0 aromatic heterocycles. The van der Waals surface area contributed by atoms with E-state index in [1.54, 1.807) is 6.92 Å². The summed E-state index contributed by atoms with van der Waals surface area (Å²) in [5.74, 6) is 0.179.